The summed E-state index contributed by atoms with van der Waals surface area (Å²) in [6.45, 7) is 10.7. The fourth-order valence-corrected chi connectivity index (χ4v) is 4.56. The molecule has 3 aromatic carbocycles. The Morgan fingerprint density at radius 2 is 1.78 bits per heavy atom. The van der Waals surface area contributed by atoms with Crippen molar-refractivity contribution in [2.75, 3.05) is 0 Å². The van der Waals surface area contributed by atoms with E-state index in [1.165, 1.54) is 22.2 Å². The molecule has 0 amide bonds. The Balaban J connectivity index is 1.75. The lowest BCUT2D eigenvalue weighted by atomic mass is 10.0. The van der Waals surface area contributed by atoms with Crippen LogP contribution in [0.3, 0.4) is 0 Å². The number of nitrogens with zero attached hydrogens (tertiary/aromatic N) is 1. The number of benzene rings is 3. The Morgan fingerprint density at radius 1 is 0.969 bits per heavy atom. The molecule has 0 aliphatic heterocycles. The maximum atomic E-state index is 6.04. The maximum absolute atomic E-state index is 6.04. The zero-order chi connectivity index (χ0) is 22.2. The summed E-state index contributed by atoms with van der Waals surface area (Å²) in [6, 6.07) is 21.3. The first-order valence-electron chi connectivity index (χ1n) is 11.2. The molecule has 5 aromatic rings. The minimum atomic E-state index is 0.916. The van der Waals surface area contributed by atoms with Crippen LogP contribution in [0.2, 0.25) is 0 Å². The molecule has 0 saturated carbocycles. The van der Waals surface area contributed by atoms with Gasteiger partial charge in [-0.1, -0.05) is 62.1 Å². The third-order valence-corrected chi connectivity index (χ3v) is 6.13. The Labute approximate surface area is 188 Å². The van der Waals surface area contributed by atoms with Gasteiger partial charge in [0.2, 0.25) is 0 Å². The fraction of sp³-hybridized carbons (Fsp3) is 0.133. The first kappa shape index (κ1) is 20.1. The normalized spacial score (nSPS) is 12.2. The highest BCUT2D eigenvalue weighted by atomic mass is 16.3. The quantitative estimate of drug-likeness (QED) is 0.261. The van der Waals surface area contributed by atoms with Gasteiger partial charge in [0, 0.05) is 33.1 Å². The minimum absolute atomic E-state index is 0.916. The molecule has 0 saturated heterocycles. The second-order valence-corrected chi connectivity index (χ2v) is 8.18. The molecule has 0 aliphatic rings. The number of allylic oxidation sites excluding steroid dienone is 4. The lowest BCUT2D eigenvalue weighted by Gasteiger charge is -2.09. The molecule has 2 aromatic heterocycles. The molecular weight excluding hydrogens is 390 g/mol. The van der Waals surface area contributed by atoms with E-state index in [0.29, 0.717) is 0 Å². The van der Waals surface area contributed by atoms with Crippen LogP contribution in [0.5, 0.6) is 0 Å². The van der Waals surface area contributed by atoms with Crippen molar-refractivity contribution >= 4 is 44.5 Å². The summed E-state index contributed by atoms with van der Waals surface area (Å²) in [5.41, 5.74) is 8.83. The van der Waals surface area contributed by atoms with E-state index in [0.717, 1.165) is 45.2 Å². The van der Waals surface area contributed by atoms with Gasteiger partial charge in [0.15, 0.2) is 0 Å². The predicted molar refractivity (Wildman–Crippen MR) is 138 cm³/mol. The number of para-hydroxylation sites is 1. The molecule has 2 heteroatoms. The molecule has 158 valence electrons. The number of fused-ring (bicyclic) bond motifs is 4. The van der Waals surface area contributed by atoms with Crippen LogP contribution in [0.15, 0.2) is 89.9 Å². The lowest BCUT2D eigenvalue weighted by Crippen LogP contribution is -1.96. The highest BCUT2D eigenvalue weighted by molar-refractivity contribution is 6.06. The van der Waals surface area contributed by atoms with E-state index in [2.05, 4.69) is 105 Å². The number of rotatable bonds is 5. The standard InChI is InChI=1S/C30H27NO/c1-5-7-11-20(3)22-14-16-28-26(18-22)24(10-6-2)21(4)31(28)23-15-17-30-27(19-23)25-12-8-9-13-29(25)32-30/h6-19H,3,5H2,1-2,4H3/b10-6-,11-7-. The van der Waals surface area contributed by atoms with Crippen molar-refractivity contribution < 1.29 is 4.42 Å². The summed E-state index contributed by atoms with van der Waals surface area (Å²) in [7, 11) is 0. The lowest BCUT2D eigenvalue weighted by molar-refractivity contribution is 0.669. The third-order valence-electron chi connectivity index (χ3n) is 6.13. The van der Waals surface area contributed by atoms with Gasteiger partial charge in [0.05, 0.1) is 5.52 Å². The van der Waals surface area contributed by atoms with Crippen LogP contribution >= 0.6 is 0 Å². The van der Waals surface area contributed by atoms with Crippen molar-refractivity contribution in [2.24, 2.45) is 0 Å². The topological polar surface area (TPSA) is 18.1 Å². The molecule has 0 radical (unpaired) electrons. The molecule has 0 N–H and O–H groups in total. The number of hydrogen-bond acceptors (Lipinski definition) is 1. The highest BCUT2D eigenvalue weighted by Gasteiger charge is 2.16. The Kier molecular flexibility index (Phi) is 5.07. The van der Waals surface area contributed by atoms with Crippen LogP contribution < -0.4 is 0 Å². The highest BCUT2D eigenvalue weighted by Crippen LogP contribution is 2.35. The average molecular weight is 418 g/mol. The van der Waals surface area contributed by atoms with Gasteiger partial charge >= 0.3 is 0 Å². The summed E-state index contributed by atoms with van der Waals surface area (Å²) in [5.74, 6) is 0. The van der Waals surface area contributed by atoms with Crippen molar-refractivity contribution in [2.45, 2.75) is 27.2 Å². The van der Waals surface area contributed by atoms with Gasteiger partial charge in [-0.3, -0.25) is 0 Å². The first-order chi connectivity index (χ1) is 15.6. The van der Waals surface area contributed by atoms with Gasteiger partial charge in [-0.2, -0.15) is 0 Å². The fourth-order valence-electron chi connectivity index (χ4n) is 4.56. The second-order valence-electron chi connectivity index (χ2n) is 8.18. The van der Waals surface area contributed by atoms with Gasteiger partial charge in [0.25, 0.3) is 0 Å². The Morgan fingerprint density at radius 3 is 2.59 bits per heavy atom. The summed E-state index contributed by atoms with van der Waals surface area (Å²) in [4.78, 5) is 0. The molecule has 0 aliphatic carbocycles. The molecule has 2 nitrogen and oxygen atoms in total. The minimum Gasteiger partial charge on any atom is -0.456 e. The summed E-state index contributed by atoms with van der Waals surface area (Å²) < 4.78 is 8.39. The van der Waals surface area contributed by atoms with E-state index < -0.39 is 0 Å². The van der Waals surface area contributed by atoms with E-state index in [9.17, 15) is 0 Å². The van der Waals surface area contributed by atoms with Gasteiger partial charge in [-0.25, -0.2) is 0 Å². The van der Waals surface area contributed by atoms with Gasteiger partial charge in [0.1, 0.15) is 11.2 Å². The molecule has 5 rings (SSSR count). The molecule has 0 unspecified atom stereocenters. The molecule has 0 fully saturated rings. The predicted octanol–water partition coefficient (Wildman–Crippen LogP) is 8.85. The largest absolute Gasteiger partial charge is 0.456 e. The van der Waals surface area contributed by atoms with E-state index >= 15 is 0 Å². The SMILES string of the molecule is C=C(/C=C\CC)c1ccc2c(c1)c(/C=C\C)c(C)n2-c1ccc2oc3ccccc3c2c1. The third kappa shape index (κ3) is 3.20. The van der Waals surface area contributed by atoms with Gasteiger partial charge in [-0.05, 0) is 67.8 Å². The Bertz CT molecular complexity index is 1540. The van der Waals surface area contributed by atoms with Crippen molar-refractivity contribution in [1.29, 1.82) is 0 Å². The molecular formula is C30H27NO. The van der Waals surface area contributed by atoms with Crippen molar-refractivity contribution in [3.8, 4) is 5.69 Å². The van der Waals surface area contributed by atoms with Crippen LogP contribution in [-0.2, 0) is 0 Å². The number of aromatic nitrogens is 1. The molecule has 0 bridgehead atoms. The van der Waals surface area contributed by atoms with Gasteiger partial charge < -0.3 is 8.98 Å². The molecule has 0 atom stereocenters. The van der Waals surface area contributed by atoms with E-state index in [1.807, 2.05) is 12.1 Å². The average Bonchev–Trinajstić information content (AvgIpc) is 3.32. The summed E-state index contributed by atoms with van der Waals surface area (Å²) in [6.07, 6.45) is 9.58. The van der Waals surface area contributed by atoms with Crippen molar-refractivity contribution in [3.05, 3.63) is 102 Å². The summed E-state index contributed by atoms with van der Waals surface area (Å²) in [5, 5.41) is 3.52. The summed E-state index contributed by atoms with van der Waals surface area (Å²) >= 11 is 0. The zero-order valence-electron chi connectivity index (χ0n) is 18.9. The van der Waals surface area contributed by atoms with Crippen molar-refractivity contribution in [3.63, 3.8) is 0 Å². The van der Waals surface area contributed by atoms with Crippen molar-refractivity contribution in [1.82, 2.24) is 4.57 Å². The van der Waals surface area contributed by atoms with E-state index in [1.54, 1.807) is 0 Å². The smallest absolute Gasteiger partial charge is 0.135 e. The van der Waals surface area contributed by atoms with Crippen LogP contribution in [-0.4, -0.2) is 4.57 Å². The molecule has 0 spiro atoms. The Hall–Kier alpha value is -3.78. The monoisotopic (exact) mass is 417 g/mol. The maximum Gasteiger partial charge on any atom is 0.135 e. The van der Waals surface area contributed by atoms with Crippen LogP contribution in [0, 0.1) is 6.92 Å². The van der Waals surface area contributed by atoms with Crippen LogP contribution in [0.1, 0.15) is 37.1 Å². The van der Waals surface area contributed by atoms with Gasteiger partial charge in [-0.15, -0.1) is 0 Å². The number of hydrogen-bond donors (Lipinski definition) is 0. The molecule has 2 heterocycles. The van der Waals surface area contributed by atoms with Crippen LogP contribution in [0.4, 0.5) is 0 Å². The zero-order valence-corrected chi connectivity index (χ0v) is 18.9. The first-order valence-corrected chi connectivity index (χ1v) is 11.2. The van der Waals surface area contributed by atoms with Crippen LogP contribution in [0.25, 0.3) is 50.2 Å². The molecule has 32 heavy (non-hydrogen) atoms. The number of furan rings is 1. The van der Waals surface area contributed by atoms with E-state index in [-0.39, 0.29) is 0 Å². The van der Waals surface area contributed by atoms with E-state index in [4.69, 9.17) is 4.42 Å². The second kappa shape index (κ2) is 8.05.